The van der Waals surface area contributed by atoms with E-state index in [4.69, 9.17) is 0 Å². The van der Waals surface area contributed by atoms with Gasteiger partial charge in [0.25, 0.3) is 0 Å². The van der Waals surface area contributed by atoms with Gasteiger partial charge in [-0.2, -0.15) is 0 Å². The minimum Gasteiger partial charge on any atom is -0.305 e. The molecular formula is C16H32OSi. The molecule has 1 fully saturated rings. The van der Waals surface area contributed by atoms with Gasteiger partial charge in [0, 0.05) is 6.42 Å². The van der Waals surface area contributed by atoms with Crippen LogP contribution >= 0.6 is 0 Å². The molecule has 0 aliphatic heterocycles. The second-order valence-corrected chi connectivity index (χ2v) is 13.2. The molecule has 0 aromatic rings. The van der Waals surface area contributed by atoms with Crippen molar-refractivity contribution in [2.45, 2.75) is 84.4 Å². The van der Waals surface area contributed by atoms with Crippen molar-refractivity contribution in [2.24, 2.45) is 11.8 Å². The molecule has 0 spiro atoms. The molecule has 0 radical (unpaired) electrons. The number of hydrogen-bond acceptors (Lipinski definition) is 1. The molecule has 1 aliphatic rings. The maximum absolute atomic E-state index is 12.4. The zero-order valence-corrected chi connectivity index (χ0v) is 14.3. The second kappa shape index (κ2) is 5.90. The van der Waals surface area contributed by atoms with Gasteiger partial charge in [0.05, 0.1) is 0 Å². The molecule has 106 valence electrons. The van der Waals surface area contributed by atoms with Gasteiger partial charge in [0.1, 0.15) is 13.5 Å². The van der Waals surface area contributed by atoms with Crippen LogP contribution in [0.4, 0.5) is 0 Å². The first kappa shape index (κ1) is 15.9. The summed E-state index contributed by atoms with van der Waals surface area (Å²) in [6.45, 7) is 13.6. The highest BCUT2D eigenvalue weighted by atomic mass is 28.3. The lowest BCUT2D eigenvalue weighted by Crippen LogP contribution is -2.46. The fraction of sp³-hybridized carbons (Fsp3) is 0.938. The molecule has 0 N–H and O–H groups in total. The Labute approximate surface area is 115 Å². The predicted molar refractivity (Wildman–Crippen MR) is 82.6 cm³/mol. The van der Waals surface area contributed by atoms with Crippen molar-refractivity contribution in [3.8, 4) is 0 Å². The molecule has 2 heteroatoms. The molecule has 0 bridgehead atoms. The van der Waals surface area contributed by atoms with E-state index in [1.165, 1.54) is 25.7 Å². The lowest BCUT2D eigenvalue weighted by atomic mass is 9.93. The fourth-order valence-corrected chi connectivity index (χ4v) is 4.54. The Hall–Kier alpha value is -0.113. The Morgan fingerprint density at radius 3 is 2.28 bits per heavy atom. The van der Waals surface area contributed by atoms with Gasteiger partial charge >= 0.3 is 0 Å². The van der Waals surface area contributed by atoms with Crippen LogP contribution in [0.15, 0.2) is 0 Å². The van der Waals surface area contributed by atoms with Crippen LogP contribution < -0.4 is 0 Å². The molecule has 2 atom stereocenters. The summed E-state index contributed by atoms with van der Waals surface area (Å²) >= 11 is 0. The Morgan fingerprint density at radius 1 is 1.22 bits per heavy atom. The van der Waals surface area contributed by atoms with Gasteiger partial charge < -0.3 is 4.79 Å². The minimum atomic E-state index is -1.74. The van der Waals surface area contributed by atoms with Crippen molar-refractivity contribution in [3.63, 3.8) is 0 Å². The zero-order chi connectivity index (χ0) is 14.0. The summed E-state index contributed by atoms with van der Waals surface area (Å²) in [5, 5.41) is 0.783. The summed E-state index contributed by atoms with van der Waals surface area (Å²) in [5.41, 5.74) is 0. The van der Waals surface area contributed by atoms with E-state index < -0.39 is 8.07 Å². The molecule has 0 unspecified atom stereocenters. The average Bonchev–Trinajstić information content (AvgIpc) is 2.62. The smallest absolute Gasteiger partial charge is 0.132 e. The highest BCUT2D eigenvalue weighted by Crippen LogP contribution is 2.38. The van der Waals surface area contributed by atoms with Crippen molar-refractivity contribution in [3.05, 3.63) is 0 Å². The number of carbonyl (C=O) groups is 1. The maximum Gasteiger partial charge on any atom is 0.132 e. The quantitative estimate of drug-likeness (QED) is 0.626. The summed E-state index contributed by atoms with van der Waals surface area (Å²) < 4.78 is 0. The highest BCUT2D eigenvalue weighted by Gasteiger charge is 2.41. The van der Waals surface area contributed by atoms with Crippen LogP contribution in [0.3, 0.4) is 0 Å². The molecule has 1 nitrogen and oxygen atoms in total. The maximum atomic E-state index is 12.4. The second-order valence-electron chi connectivity index (χ2n) is 7.86. The Bertz CT molecular complexity index is 288. The van der Waals surface area contributed by atoms with Crippen LogP contribution in [0.5, 0.6) is 0 Å². The Kier molecular flexibility index (Phi) is 5.22. The third-order valence-electron chi connectivity index (χ3n) is 5.59. The van der Waals surface area contributed by atoms with Crippen molar-refractivity contribution in [2.75, 3.05) is 0 Å². The standard InChI is InChI=1S/C16H32OSi/c1-13-9-7-10-14(13)11-8-12-15(17)18(5,6)16(2,3)4/h13-14H,7-12H2,1-6H3/t13-,14-/m0/s1. The molecule has 18 heavy (non-hydrogen) atoms. The van der Waals surface area contributed by atoms with E-state index in [2.05, 4.69) is 40.8 Å². The van der Waals surface area contributed by atoms with E-state index in [-0.39, 0.29) is 5.04 Å². The van der Waals surface area contributed by atoms with Crippen molar-refractivity contribution in [1.82, 2.24) is 0 Å². The third-order valence-corrected chi connectivity index (χ3v) is 11.0. The van der Waals surface area contributed by atoms with Crippen molar-refractivity contribution >= 4 is 13.5 Å². The van der Waals surface area contributed by atoms with Crippen molar-refractivity contribution in [1.29, 1.82) is 0 Å². The molecule has 1 saturated carbocycles. The number of rotatable bonds is 5. The normalized spacial score (nSPS) is 25.4. The first-order valence-corrected chi connectivity index (χ1v) is 10.7. The topological polar surface area (TPSA) is 17.1 Å². The first-order valence-electron chi connectivity index (χ1n) is 7.69. The van der Waals surface area contributed by atoms with Gasteiger partial charge in [-0.25, -0.2) is 0 Å². The fourth-order valence-electron chi connectivity index (χ4n) is 2.91. The van der Waals surface area contributed by atoms with Gasteiger partial charge in [-0.15, -0.1) is 0 Å². The largest absolute Gasteiger partial charge is 0.305 e. The number of carbonyl (C=O) groups excluding carboxylic acids is 1. The third kappa shape index (κ3) is 3.69. The van der Waals surface area contributed by atoms with E-state index in [9.17, 15) is 4.79 Å². The SMILES string of the molecule is C[C@H]1CCC[C@H]1CCCC(=O)[Si](C)(C)C(C)(C)C. The van der Waals surface area contributed by atoms with E-state index in [1.807, 2.05) is 0 Å². The molecule has 1 aliphatic carbocycles. The van der Waals surface area contributed by atoms with Gasteiger partial charge in [-0.3, -0.25) is 0 Å². The predicted octanol–water partition coefficient (Wildman–Crippen LogP) is 5.21. The average molecular weight is 269 g/mol. The van der Waals surface area contributed by atoms with Gasteiger partial charge in [0.15, 0.2) is 0 Å². The molecule has 0 heterocycles. The Morgan fingerprint density at radius 2 is 1.83 bits per heavy atom. The minimum absolute atomic E-state index is 0.199. The molecule has 0 aromatic carbocycles. The van der Waals surface area contributed by atoms with Crippen LogP contribution in [-0.2, 0) is 4.79 Å². The zero-order valence-electron chi connectivity index (χ0n) is 13.3. The van der Waals surface area contributed by atoms with Crippen LogP contribution in [0, 0.1) is 11.8 Å². The summed E-state index contributed by atoms with van der Waals surface area (Å²) in [7, 11) is -1.74. The lowest BCUT2D eigenvalue weighted by Gasteiger charge is -2.35. The molecule has 0 saturated heterocycles. The van der Waals surface area contributed by atoms with Crippen molar-refractivity contribution < 1.29 is 4.79 Å². The van der Waals surface area contributed by atoms with E-state index in [1.54, 1.807) is 0 Å². The van der Waals surface area contributed by atoms with Crippen LogP contribution in [0.25, 0.3) is 0 Å². The van der Waals surface area contributed by atoms with E-state index >= 15 is 0 Å². The molecular weight excluding hydrogens is 236 g/mol. The summed E-state index contributed by atoms with van der Waals surface area (Å²) in [5.74, 6) is 1.80. The van der Waals surface area contributed by atoms with E-state index in [0.717, 1.165) is 24.7 Å². The van der Waals surface area contributed by atoms with E-state index in [0.29, 0.717) is 5.41 Å². The van der Waals surface area contributed by atoms with Crippen LogP contribution in [0.2, 0.25) is 18.1 Å². The monoisotopic (exact) mass is 268 g/mol. The van der Waals surface area contributed by atoms with Gasteiger partial charge in [-0.05, 0) is 29.7 Å². The summed E-state index contributed by atoms with van der Waals surface area (Å²) in [6, 6.07) is 0. The Balaban J connectivity index is 2.37. The number of hydrogen-bond donors (Lipinski definition) is 0. The molecule has 0 amide bonds. The summed E-state index contributed by atoms with van der Waals surface area (Å²) in [6.07, 6.45) is 7.44. The lowest BCUT2D eigenvalue weighted by molar-refractivity contribution is -0.113. The highest BCUT2D eigenvalue weighted by molar-refractivity contribution is 7.06. The van der Waals surface area contributed by atoms with Gasteiger partial charge in [0.2, 0.25) is 0 Å². The summed E-state index contributed by atoms with van der Waals surface area (Å²) in [4.78, 5) is 12.4. The first-order chi connectivity index (χ1) is 8.16. The van der Waals surface area contributed by atoms with Gasteiger partial charge in [-0.1, -0.05) is 60.1 Å². The van der Waals surface area contributed by atoms with Crippen LogP contribution in [0.1, 0.15) is 66.2 Å². The molecule has 0 aromatic heterocycles. The molecule has 1 rings (SSSR count). The van der Waals surface area contributed by atoms with Crippen LogP contribution in [-0.4, -0.2) is 13.5 Å².